The number of hydrogen-bond donors (Lipinski definition) is 4. The molecule has 2 unspecified atom stereocenters. The Kier molecular flexibility index (Phi) is 5.44. The van der Waals surface area contributed by atoms with Gasteiger partial charge in [0.15, 0.2) is 0 Å². The lowest BCUT2D eigenvalue weighted by atomic mass is 10.1. The quantitative estimate of drug-likeness (QED) is 0.440. The van der Waals surface area contributed by atoms with Gasteiger partial charge in [-0.15, -0.1) is 0 Å². The number of nitrogens with one attached hydrogen (secondary N) is 1. The van der Waals surface area contributed by atoms with Gasteiger partial charge in [-0.1, -0.05) is 0 Å². The van der Waals surface area contributed by atoms with Crippen LogP contribution in [0.2, 0.25) is 0 Å². The van der Waals surface area contributed by atoms with Crippen molar-refractivity contribution in [3.63, 3.8) is 0 Å². The summed E-state index contributed by atoms with van der Waals surface area (Å²) in [5.41, 5.74) is 5.10. The van der Waals surface area contributed by atoms with E-state index in [-0.39, 0.29) is 13.1 Å². The highest BCUT2D eigenvalue weighted by molar-refractivity contribution is 5.93. The molecule has 0 aromatic heterocycles. The van der Waals surface area contributed by atoms with Gasteiger partial charge in [-0.05, 0) is 12.8 Å². The minimum atomic E-state index is -1.30. The van der Waals surface area contributed by atoms with Crippen molar-refractivity contribution >= 4 is 23.8 Å². The third-order valence-electron chi connectivity index (χ3n) is 3.02. The first-order valence-electron chi connectivity index (χ1n) is 6.11. The molecule has 1 saturated heterocycles. The summed E-state index contributed by atoms with van der Waals surface area (Å²) >= 11 is 0. The van der Waals surface area contributed by atoms with E-state index in [9.17, 15) is 19.2 Å². The monoisotopic (exact) mass is 287 g/mol. The molecule has 0 spiro atoms. The molecule has 1 fully saturated rings. The van der Waals surface area contributed by atoms with Crippen LogP contribution >= 0.6 is 0 Å². The van der Waals surface area contributed by atoms with E-state index in [4.69, 9.17) is 15.9 Å². The Bertz CT molecular complexity index is 424. The van der Waals surface area contributed by atoms with Gasteiger partial charge in [-0.2, -0.15) is 0 Å². The van der Waals surface area contributed by atoms with Crippen LogP contribution in [0.1, 0.15) is 19.3 Å². The average Bonchev–Trinajstić information content (AvgIpc) is 2.85. The standard InChI is InChI=1S/C11H17N3O6/c12-5-8(15)13-6(4-9(16)17)10(18)14-3-1-2-7(14)11(19)20/h6-7H,1-5,12H2,(H,13,15)(H,16,17)(H,19,20). The van der Waals surface area contributed by atoms with Crippen LogP contribution in [-0.4, -0.2) is 64.0 Å². The van der Waals surface area contributed by atoms with E-state index >= 15 is 0 Å². The van der Waals surface area contributed by atoms with E-state index in [1.807, 2.05) is 0 Å². The Morgan fingerprint density at radius 3 is 2.45 bits per heavy atom. The summed E-state index contributed by atoms with van der Waals surface area (Å²) in [5, 5.41) is 20.0. The lowest BCUT2D eigenvalue weighted by Crippen LogP contribution is -2.53. The number of carboxylic acid groups (broad SMARTS) is 2. The van der Waals surface area contributed by atoms with Crippen molar-refractivity contribution in [1.82, 2.24) is 10.2 Å². The lowest BCUT2D eigenvalue weighted by molar-refractivity contribution is -0.150. The summed E-state index contributed by atoms with van der Waals surface area (Å²) in [5.74, 6) is -3.79. The molecule has 0 radical (unpaired) electrons. The summed E-state index contributed by atoms with van der Waals surface area (Å²) in [7, 11) is 0. The maximum Gasteiger partial charge on any atom is 0.326 e. The number of amides is 2. The van der Waals surface area contributed by atoms with Crippen LogP contribution in [0.25, 0.3) is 0 Å². The molecule has 112 valence electrons. The van der Waals surface area contributed by atoms with Crippen LogP contribution in [0, 0.1) is 0 Å². The van der Waals surface area contributed by atoms with Gasteiger partial charge in [-0.3, -0.25) is 14.4 Å². The van der Waals surface area contributed by atoms with Gasteiger partial charge in [0.25, 0.3) is 0 Å². The smallest absolute Gasteiger partial charge is 0.326 e. The molecular formula is C11H17N3O6. The van der Waals surface area contributed by atoms with Gasteiger partial charge in [0.05, 0.1) is 13.0 Å². The first kappa shape index (κ1) is 15.9. The molecule has 0 bridgehead atoms. The van der Waals surface area contributed by atoms with Gasteiger partial charge in [0.2, 0.25) is 11.8 Å². The highest BCUT2D eigenvalue weighted by Crippen LogP contribution is 2.19. The second-order valence-corrected chi connectivity index (χ2v) is 4.45. The average molecular weight is 287 g/mol. The molecule has 1 heterocycles. The molecule has 2 atom stereocenters. The molecule has 1 aliphatic rings. The summed E-state index contributed by atoms with van der Waals surface area (Å²) in [6.07, 6.45) is 0.215. The normalized spacial score (nSPS) is 19.4. The molecule has 0 aromatic rings. The highest BCUT2D eigenvalue weighted by atomic mass is 16.4. The predicted molar refractivity (Wildman–Crippen MR) is 65.6 cm³/mol. The molecule has 20 heavy (non-hydrogen) atoms. The molecule has 5 N–H and O–H groups in total. The van der Waals surface area contributed by atoms with E-state index in [0.29, 0.717) is 12.8 Å². The first-order valence-corrected chi connectivity index (χ1v) is 6.11. The number of carbonyl (C=O) groups excluding carboxylic acids is 2. The van der Waals surface area contributed by atoms with Crippen molar-refractivity contribution in [3.05, 3.63) is 0 Å². The maximum atomic E-state index is 12.2. The molecule has 1 rings (SSSR count). The van der Waals surface area contributed by atoms with Crippen LogP contribution in [0.15, 0.2) is 0 Å². The molecule has 0 aliphatic carbocycles. The van der Waals surface area contributed by atoms with Crippen molar-refractivity contribution in [2.75, 3.05) is 13.1 Å². The number of likely N-dealkylation sites (tertiary alicyclic amines) is 1. The van der Waals surface area contributed by atoms with Crippen LogP contribution in [0.4, 0.5) is 0 Å². The Hall–Kier alpha value is -2.16. The van der Waals surface area contributed by atoms with Gasteiger partial charge >= 0.3 is 11.9 Å². The molecule has 2 amide bonds. The fraction of sp³-hybridized carbons (Fsp3) is 0.636. The highest BCUT2D eigenvalue weighted by Gasteiger charge is 2.38. The second-order valence-electron chi connectivity index (χ2n) is 4.45. The zero-order valence-electron chi connectivity index (χ0n) is 10.7. The maximum absolute atomic E-state index is 12.2. The number of rotatable bonds is 6. The van der Waals surface area contributed by atoms with Crippen molar-refractivity contribution in [1.29, 1.82) is 0 Å². The Labute approximate surface area is 114 Å². The predicted octanol–water partition coefficient (Wildman–Crippen LogP) is -2.02. The molecule has 9 nitrogen and oxygen atoms in total. The van der Waals surface area contributed by atoms with Crippen molar-refractivity contribution in [2.24, 2.45) is 5.73 Å². The molecule has 1 aliphatic heterocycles. The van der Waals surface area contributed by atoms with Gasteiger partial charge in [0, 0.05) is 6.54 Å². The first-order chi connectivity index (χ1) is 9.36. The van der Waals surface area contributed by atoms with Crippen molar-refractivity contribution in [2.45, 2.75) is 31.3 Å². The zero-order chi connectivity index (χ0) is 15.3. The van der Waals surface area contributed by atoms with Crippen LogP contribution in [0.5, 0.6) is 0 Å². The van der Waals surface area contributed by atoms with E-state index in [1.54, 1.807) is 0 Å². The molecule has 0 saturated carbocycles. The largest absolute Gasteiger partial charge is 0.481 e. The van der Waals surface area contributed by atoms with Gasteiger partial charge in [-0.25, -0.2) is 4.79 Å². The Morgan fingerprint density at radius 2 is 1.95 bits per heavy atom. The summed E-state index contributed by atoms with van der Waals surface area (Å²) in [6, 6.07) is -2.28. The van der Waals surface area contributed by atoms with Gasteiger partial charge < -0.3 is 26.2 Å². The van der Waals surface area contributed by atoms with Crippen molar-refractivity contribution in [3.8, 4) is 0 Å². The van der Waals surface area contributed by atoms with E-state index in [2.05, 4.69) is 5.32 Å². The Balaban J connectivity index is 2.83. The third kappa shape index (κ3) is 3.92. The number of hydrogen-bond acceptors (Lipinski definition) is 5. The van der Waals surface area contributed by atoms with Crippen molar-refractivity contribution < 1.29 is 29.4 Å². The lowest BCUT2D eigenvalue weighted by Gasteiger charge is -2.26. The fourth-order valence-corrected chi connectivity index (χ4v) is 2.12. The second kappa shape index (κ2) is 6.85. The Morgan fingerprint density at radius 1 is 1.30 bits per heavy atom. The number of nitrogens with zero attached hydrogens (tertiary/aromatic N) is 1. The fourth-order valence-electron chi connectivity index (χ4n) is 2.12. The third-order valence-corrected chi connectivity index (χ3v) is 3.02. The summed E-state index contributed by atoms with van der Waals surface area (Å²) in [6.45, 7) is -0.157. The molecular weight excluding hydrogens is 270 g/mol. The van der Waals surface area contributed by atoms with E-state index in [0.717, 1.165) is 4.90 Å². The number of carboxylic acids is 2. The van der Waals surface area contributed by atoms with Crippen LogP contribution < -0.4 is 11.1 Å². The SMILES string of the molecule is NCC(=O)NC(CC(=O)O)C(=O)N1CCCC1C(=O)O. The molecule has 9 heteroatoms. The summed E-state index contributed by atoms with van der Waals surface area (Å²) < 4.78 is 0. The number of carbonyl (C=O) groups is 4. The minimum absolute atomic E-state index is 0.227. The van der Waals surface area contributed by atoms with Crippen LogP contribution in [-0.2, 0) is 19.2 Å². The zero-order valence-corrected chi connectivity index (χ0v) is 10.7. The topological polar surface area (TPSA) is 150 Å². The van der Waals surface area contributed by atoms with E-state index in [1.165, 1.54) is 0 Å². The van der Waals surface area contributed by atoms with Gasteiger partial charge in [0.1, 0.15) is 12.1 Å². The van der Waals surface area contributed by atoms with Crippen LogP contribution in [0.3, 0.4) is 0 Å². The number of aliphatic carboxylic acids is 2. The van der Waals surface area contributed by atoms with E-state index < -0.39 is 42.3 Å². The number of nitrogens with two attached hydrogens (primary N) is 1. The molecule has 0 aromatic carbocycles. The summed E-state index contributed by atoms with van der Waals surface area (Å²) in [4.78, 5) is 46.3. The minimum Gasteiger partial charge on any atom is -0.481 e.